The van der Waals surface area contributed by atoms with Crippen LogP contribution in [0.1, 0.15) is 42.5 Å². The van der Waals surface area contributed by atoms with Crippen molar-refractivity contribution < 1.29 is 9.53 Å². The molecule has 11 heavy (non-hydrogen) atoms. The summed E-state index contributed by atoms with van der Waals surface area (Å²) in [4.78, 5) is 0.582. The first-order valence-electron chi connectivity index (χ1n) is 3.96. The Morgan fingerprint density at radius 2 is 2.27 bits per heavy atom. The van der Waals surface area contributed by atoms with Crippen molar-refractivity contribution in [3.63, 3.8) is 0 Å². The summed E-state index contributed by atoms with van der Waals surface area (Å²) >= 11 is 0. The number of hydrogen-bond donors (Lipinski definition) is 0. The van der Waals surface area contributed by atoms with Crippen LogP contribution < -0.4 is 4.90 Å². The molecule has 0 N–H and O–H groups in total. The number of hydrogen-bond acceptors (Lipinski definition) is 3. The van der Waals surface area contributed by atoms with Gasteiger partial charge in [0.05, 0.1) is 0 Å². The SMILES string of the molecule is [O-][n+]1onc2c1C1CCC2C1. The summed E-state index contributed by atoms with van der Waals surface area (Å²) in [6, 6.07) is 0. The van der Waals surface area contributed by atoms with Crippen molar-refractivity contribution in [2.75, 3.05) is 0 Å². The summed E-state index contributed by atoms with van der Waals surface area (Å²) < 4.78 is 4.53. The Hall–Kier alpha value is -1.06. The van der Waals surface area contributed by atoms with Crippen molar-refractivity contribution in [3.8, 4) is 0 Å². The smallest absolute Gasteiger partial charge is 0.224 e. The minimum atomic E-state index is 0.443. The third-order valence-corrected chi connectivity index (χ3v) is 2.88. The van der Waals surface area contributed by atoms with Crippen LogP contribution >= 0.6 is 0 Å². The fourth-order valence-corrected chi connectivity index (χ4v) is 2.39. The van der Waals surface area contributed by atoms with Gasteiger partial charge in [0.15, 0.2) is 0 Å². The molecule has 4 nitrogen and oxygen atoms in total. The lowest BCUT2D eigenvalue weighted by Gasteiger charge is -2.02. The molecule has 0 spiro atoms. The summed E-state index contributed by atoms with van der Waals surface area (Å²) in [7, 11) is 0. The number of fused-ring (bicyclic) bond motifs is 5. The third-order valence-electron chi connectivity index (χ3n) is 2.88. The van der Waals surface area contributed by atoms with Crippen LogP contribution in [0, 0.1) is 5.21 Å². The van der Waals surface area contributed by atoms with Crippen molar-refractivity contribution in [1.29, 1.82) is 0 Å². The van der Waals surface area contributed by atoms with E-state index in [4.69, 9.17) is 0 Å². The van der Waals surface area contributed by atoms with Gasteiger partial charge in [-0.3, -0.25) is 4.63 Å². The Labute approximate surface area is 63.3 Å². The van der Waals surface area contributed by atoms with E-state index in [2.05, 4.69) is 9.79 Å². The molecule has 0 saturated heterocycles. The standard InChI is InChI=1S/C7H8N2O2/c10-9-7-5-2-1-4(3-5)6(7)8-11-9/h4-5H,1-3H2. The van der Waals surface area contributed by atoms with Gasteiger partial charge in [-0.15, -0.1) is 0 Å². The zero-order valence-corrected chi connectivity index (χ0v) is 5.99. The highest BCUT2D eigenvalue weighted by Gasteiger charge is 2.46. The van der Waals surface area contributed by atoms with E-state index in [1.54, 1.807) is 0 Å². The Bertz CT molecular complexity index is 307. The minimum absolute atomic E-state index is 0.443. The van der Waals surface area contributed by atoms with Gasteiger partial charge in [-0.25, -0.2) is 0 Å². The van der Waals surface area contributed by atoms with Crippen LogP contribution in [0.3, 0.4) is 0 Å². The molecule has 0 radical (unpaired) electrons. The van der Waals surface area contributed by atoms with Gasteiger partial charge in [-0.05, 0) is 24.2 Å². The molecule has 3 rings (SSSR count). The maximum absolute atomic E-state index is 11.0. The molecule has 2 bridgehead atoms. The lowest BCUT2D eigenvalue weighted by atomic mass is 10.0. The summed E-state index contributed by atoms with van der Waals surface area (Å²) in [6.45, 7) is 0. The molecule has 4 heteroatoms. The van der Waals surface area contributed by atoms with E-state index < -0.39 is 0 Å². The molecule has 2 unspecified atom stereocenters. The normalized spacial score (nSPS) is 32.7. The van der Waals surface area contributed by atoms with Crippen molar-refractivity contribution in [1.82, 2.24) is 5.16 Å². The van der Waals surface area contributed by atoms with E-state index in [0.29, 0.717) is 16.7 Å². The highest BCUT2D eigenvalue weighted by Crippen LogP contribution is 2.50. The summed E-state index contributed by atoms with van der Waals surface area (Å²) in [5, 5.41) is 14.7. The van der Waals surface area contributed by atoms with Crippen LogP contribution in [0.15, 0.2) is 4.63 Å². The van der Waals surface area contributed by atoms with Crippen LogP contribution in [-0.4, -0.2) is 5.16 Å². The van der Waals surface area contributed by atoms with Crippen LogP contribution in [-0.2, 0) is 0 Å². The van der Waals surface area contributed by atoms with Gasteiger partial charge in [0.1, 0.15) is 0 Å². The molecule has 1 saturated carbocycles. The van der Waals surface area contributed by atoms with E-state index in [-0.39, 0.29) is 0 Å². The maximum atomic E-state index is 11.0. The molecule has 1 heterocycles. The molecule has 0 aliphatic heterocycles. The lowest BCUT2D eigenvalue weighted by molar-refractivity contribution is -0.808. The average Bonchev–Trinajstić information content (AvgIpc) is 2.60. The first-order valence-corrected chi connectivity index (χ1v) is 3.96. The maximum Gasteiger partial charge on any atom is 0.224 e. The number of aromatic nitrogens is 2. The molecular weight excluding hydrogens is 144 g/mol. The zero-order chi connectivity index (χ0) is 7.42. The van der Waals surface area contributed by atoms with Gasteiger partial charge >= 0.3 is 0 Å². The molecule has 0 amide bonds. The fourth-order valence-electron chi connectivity index (χ4n) is 2.39. The van der Waals surface area contributed by atoms with Crippen molar-refractivity contribution in [3.05, 3.63) is 16.6 Å². The van der Waals surface area contributed by atoms with Crippen LogP contribution in [0.25, 0.3) is 0 Å². The average molecular weight is 152 g/mol. The molecular formula is C7H8N2O2. The summed E-state index contributed by atoms with van der Waals surface area (Å²) in [5.41, 5.74) is 1.73. The van der Waals surface area contributed by atoms with Crippen molar-refractivity contribution in [2.45, 2.75) is 31.1 Å². The second-order valence-corrected chi connectivity index (χ2v) is 3.41. The van der Waals surface area contributed by atoms with E-state index in [9.17, 15) is 5.21 Å². The second-order valence-electron chi connectivity index (χ2n) is 3.41. The van der Waals surface area contributed by atoms with Gasteiger partial charge in [0.2, 0.25) is 11.4 Å². The predicted octanol–water partition coefficient (Wildman–Crippen LogP) is 0.673. The van der Waals surface area contributed by atoms with Gasteiger partial charge in [0, 0.05) is 17.0 Å². The first kappa shape index (κ1) is 5.57. The van der Waals surface area contributed by atoms with Gasteiger partial charge in [0.25, 0.3) is 0 Å². The lowest BCUT2D eigenvalue weighted by Crippen LogP contribution is -2.29. The Morgan fingerprint density at radius 3 is 3.09 bits per heavy atom. The monoisotopic (exact) mass is 152 g/mol. The highest BCUT2D eigenvalue weighted by molar-refractivity contribution is 5.26. The Balaban J connectivity index is 2.25. The van der Waals surface area contributed by atoms with E-state index in [1.165, 1.54) is 6.42 Å². The van der Waals surface area contributed by atoms with Crippen LogP contribution in [0.2, 0.25) is 0 Å². The molecule has 2 atom stereocenters. The topological polar surface area (TPSA) is 53.0 Å². The Kier molecular flexibility index (Phi) is 0.796. The molecule has 58 valence electrons. The van der Waals surface area contributed by atoms with Gasteiger partial charge in [-0.2, -0.15) is 0 Å². The van der Waals surface area contributed by atoms with Crippen LogP contribution in [0.5, 0.6) is 0 Å². The minimum Gasteiger partial charge on any atom is -0.359 e. The fraction of sp³-hybridized carbons (Fsp3) is 0.714. The molecule has 2 aliphatic carbocycles. The van der Waals surface area contributed by atoms with Crippen molar-refractivity contribution >= 4 is 0 Å². The molecule has 0 aromatic carbocycles. The second kappa shape index (κ2) is 1.57. The predicted molar refractivity (Wildman–Crippen MR) is 34.8 cm³/mol. The van der Waals surface area contributed by atoms with Gasteiger partial charge < -0.3 is 5.21 Å². The molecule has 1 aromatic rings. The van der Waals surface area contributed by atoms with Crippen LogP contribution in [0.4, 0.5) is 0 Å². The van der Waals surface area contributed by atoms with E-state index in [0.717, 1.165) is 24.2 Å². The summed E-state index contributed by atoms with van der Waals surface area (Å²) in [5.74, 6) is 0.965. The quantitative estimate of drug-likeness (QED) is 0.513. The van der Waals surface area contributed by atoms with Gasteiger partial charge in [-0.1, -0.05) is 0 Å². The highest BCUT2D eigenvalue weighted by atomic mass is 16.8. The van der Waals surface area contributed by atoms with E-state index in [1.807, 2.05) is 0 Å². The zero-order valence-electron chi connectivity index (χ0n) is 5.99. The number of nitrogens with zero attached hydrogens (tertiary/aromatic N) is 2. The molecule has 1 aromatic heterocycles. The molecule has 2 aliphatic rings. The third kappa shape index (κ3) is 0.514. The van der Waals surface area contributed by atoms with E-state index >= 15 is 0 Å². The van der Waals surface area contributed by atoms with Crippen molar-refractivity contribution in [2.24, 2.45) is 0 Å². The summed E-state index contributed by atoms with van der Waals surface area (Å²) in [6.07, 6.45) is 3.45. The Morgan fingerprint density at radius 1 is 1.45 bits per heavy atom. The largest absolute Gasteiger partial charge is 0.359 e. The molecule has 1 fully saturated rings. The number of rotatable bonds is 0. The first-order chi connectivity index (χ1) is 5.36.